The van der Waals surface area contributed by atoms with Crippen molar-refractivity contribution in [2.24, 2.45) is 9.98 Å². The number of hydrogen-bond acceptors (Lipinski definition) is 2. The Morgan fingerprint density at radius 1 is 0.286 bits per heavy atom. The van der Waals surface area contributed by atoms with E-state index in [1.807, 2.05) is 0 Å². The molecule has 0 rings (SSSR count). The molecule has 0 radical (unpaired) electrons. The van der Waals surface area contributed by atoms with E-state index in [4.69, 9.17) is 0 Å². The zero-order chi connectivity index (χ0) is 25.3. The van der Waals surface area contributed by atoms with E-state index in [2.05, 4.69) is 29.8 Å². The molecule has 0 atom stereocenters. The summed E-state index contributed by atoms with van der Waals surface area (Å²) in [6.45, 7) is 6.42. The van der Waals surface area contributed by atoms with Gasteiger partial charge < -0.3 is 0 Å². The third-order valence-corrected chi connectivity index (χ3v) is 7.39. The minimum atomic E-state index is 0.917. The molecule has 0 saturated carbocycles. The number of hydrogen-bond donors (Lipinski definition) is 0. The highest BCUT2D eigenvalue weighted by Crippen LogP contribution is 2.14. The van der Waals surface area contributed by atoms with Gasteiger partial charge >= 0.3 is 0 Å². The van der Waals surface area contributed by atoms with Gasteiger partial charge in [0.1, 0.15) is 0 Å². The fourth-order valence-corrected chi connectivity index (χ4v) is 4.92. The van der Waals surface area contributed by atoms with Crippen molar-refractivity contribution in [3.8, 4) is 0 Å². The van der Waals surface area contributed by atoms with Gasteiger partial charge in [-0.15, -0.1) is 0 Å². The quantitative estimate of drug-likeness (QED) is 0.0706. The highest BCUT2D eigenvalue weighted by atomic mass is 14.8. The lowest BCUT2D eigenvalue weighted by Crippen LogP contribution is -1.85. The predicted octanol–water partition coefficient (Wildman–Crippen LogP) is 12.1. The summed E-state index contributed by atoms with van der Waals surface area (Å²) in [5.74, 6) is 0. The summed E-state index contributed by atoms with van der Waals surface area (Å²) in [4.78, 5) is 8.70. The molecule has 35 heavy (non-hydrogen) atoms. The summed E-state index contributed by atoms with van der Waals surface area (Å²) < 4.78 is 0. The molecule has 0 aliphatic carbocycles. The number of unbranched alkanes of at least 4 members (excludes halogenated alkanes) is 26. The summed E-state index contributed by atoms with van der Waals surface area (Å²) >= 11 is 0. The first-order valence-electron chi connectivity index (χ1n) is 16.5. The second-order valence-corrected chi connectivity index (χ2v) is 11.1. The Kier molecular flexibility index (Phi) is 32.8. The van der Waals surface area contributed by atoms with Crippen molar-refractivity contribution in [3.63, 3.8) is 0 Å². The topological polar surface area (TPSA) is 24.7 Å². The molecular weight excluding hydrogens is 424 g/mol. The first-order chi connectivity index (χ1) is 17.4. The maximum Gasteiger partial charge on any atom is 0.0892 e. The summed E-state index contributed by atoms with van der Waals surface area (Å²) in [5, 5.41) is 0. The van der Waals surface area contributed by atoms with Crippen LogP contribution in [-0.2, 0) is 0 Å². The second-order valence-electron chi connectivity index (χ2n) is 11.1. The van der Waals surface area contributed by atoms with Crippen molar-refractivity contribution in [1.29, 1.82) is 0 Å². The fraction of sp³-hybridized carbons (Fsp3) is 0.970. The summed E-state index contributed by atoms with van der Waals surface area (Å²) in [5.41, 5.74) is 0. The molecular formula is C33H66N2. The Morgan fingerprint density at radius 3 is 0.714 bits per heavy atom. The molecule has 0 heterocycles. The standard InChI is InChI=1S/C33H66N2/c1-3-5-7-9-11-13-15-17-19-21-23-25-27-29-31-34-33-35-32-30-28-26-24-22-20-18-16-14-12-10-8-6-4-2/h3-32H2,1-2H3. The van der Waals surface area contributed by atoms with Gasteiger partial charge in [0, 0.05) is 13.1 Å². The molecule has 2 heteroatoms. The van der Waals surface area contributed by atoms with Gasteiger partial charge in [0.05, 0.1) is 6.01 Å². The Morgan fingerprint density at radius 2 is 0.486 bits per heavy atom. The first kappa shape index (κ1) is 34.4. The lowest BCUT2D eigenvalue weighted by molar-refractivity contribution is 0.536. The summed E-state index contributed by atoms with van der Waals surface area (Å²) in [7, 11) is 0. The van der Waals surface area contributed by atoms with Crippen molar-refractivity contribution < 1.29 is 0 Å². The van der Waals surface area contributed by atoms with Gasteiger partial charge in [0.2, 0.25) is 0 Å². The van der Waals surface area contributed by atoms with E-state index in [1.165, 1.54) is 180 Å². The van der Waals surface area contributed by atoms with E-state index in [1.54, 1.807) is 0 Å². The van der Waals surface area contributed by atoms with Crippen LogP contribution in [0.15, 0.2) is 9.98 Å². The van der Waals surface area contributed by atoms with Crippen LogP contribution in [0, 0.1) is 0 Å². The highest BCUT2D eigenvalue weighted by Gasteiger charge is 1.95. The molecule has 208 valence electrons. The molecule has 0 aromatic heterocycles. The average molecular weight is 491 g/mol. The molecule has 0 N–H and O–H groups in total. The molecule has 2 nitrogen and oxygen atoms in total. The second kappa shape index (κ2) is 33.4. The van der Waals surface area contributed by atoms with Crippen LogP contribution in [0.4, 0.5) is 0 Å². The van der Waals surface area contributed by atoms with Crippen LogP contribution in [0.25, 0.3) is 0 Å². The van der Waals surface area contributed by atoms with Gasteiger partial charge in [-0.1, -0.05) is 181 Å². The molecule has 0 spiro atoms. The van der Waals surface area contributed by atoms with Crippen LogP contribution in [0.3, 0.4) is 0 Å². The molecule has 0 aromatic carbocycles. The third kappa shape index (κ3) is 33.4. The van der Waals surface area contributed by atoms with Gasteiger partial charge in [-0.2, -0.15) is 0 Å². The van der Waals surface area contributed by atoms with Gasteiger partial charge in [-0.25, -0.2) is 9.98 Å². The van der Waals surface area contributed by atoms with Crippen molar-refractivity contribution in [3.05, 3.63) is 0 Å². The van der Waals surface area contributed by atoms with Crippen LogP contribution < -0.4 is 0 Å². The number of nitrogens with zero attached hydrogens (tertiary/aromatic N) is 2. The molecule has 0 saturated heterocycles. The lowest BCUT2D eigenvalue weighted by Gasteiger charge is -2.02. The predicted molar refractivity (Wildman–Crippen MR) is 160 cm³/mol. The summed E-state index contributed by atoms with van der Waals surface area (Å²) in [6.07, 6.45) is 39.4. The van der Waals surface area contributed by atoms with Crippen LogP contribution >= 0.6 is 0 Å². The first-order valence-corrected chi connectivity index (χ1v) is 16.5. The number of aliphatic imine (C=N–C) groups is 2. The average Bonchev–Trinajstić information content (AvgIpc) is 2.87. The summed E-state index contributed by atoms with van der Waals surface area (Å²) in [6, 6.07) is 2.93. The lowest BCUT2D eigenvalue weighted by atomic mass is 10.0. The van der Waals surface area contributed by atoms with Crippen molar-refractivity contribution in [2.75, 3.05) is 13.1 Å². The van der Waals surface area contributed by atoms with Crippen LogP contribution in [0.5, 0.6) is 0 Å². The van der Waals surface area contributed by atoms with Gasteiger partial charge in [0.15, 0.2) is 0 Å². The molecule has 0 aliphatic rings. The Labute approximate surface area is 222 Å². The largest absolute Gasteiger partial charge is 0.226 e. The minimum Gasteiger partial charge on any atom is -0.226 e. The van der Waals surface area contributed by atoms with Crippen LogP contribution in [0.2, 0.25) is 0 Å². The van der Waals surface area contributed by atoms with E-state index < -0.39 is 0 Å². The molecule has 0 unspecified atom stereocenters. The maximum absolute atomic E-state index is 4.35. The minimum absolute atomic E-state index is 0.917. The van der Waals surface area contributed by atoms with Gasteiger partial charge in [-0.3, -0.25) is 0 Å². The smallest absolute Gasteiger partial charge is 0.0892 e. The Bertz CT molecular complexity index is 389. The third-order valence-electron chi connectivity index (χ3n) is 7.39. The van der Waals surface area contributed by atoms with E-state index in [-0.39, 0.29) is 0 Å². The van der Waals surface area contributed by atoms with Crippen LogP contribution in [0.1, 0.15) is 194 Å². The van der Waals surface area contributed by atoms with Crippen molar-refractivity contribution in [2.45, 2.75) is 194 Å². The Balaban J connectivity index is 3.14. The molecule has 0 bridgehead atoms. The van der Waals surface area contributed by atoms with Crippen molar-refractivity contribution >= 4 is 6.01 Å². The van der Waals surface area contributed by atoms with E-state index >= 15 is 0 Å². The SMILES string of the molecule is CCCCCCCCCCCCCCCCN=C=NCCCCCCCCCCCCCCCC. The number of rotatable bonds is 30. The van der Waals surface area contributed by atoms with E-state index in [9.17, 15) is 0 Å². The fourth-order valence-electron chi connectivity index (χ4n) is 4.92. The Hall–Kier alpha value is -0.620. The van der Waals surface area contributed by atoms with Gasteiger partial charge in [0.25, 0.3) is 0 Å². The van der Waals surface area contributed by atoms with Crippen molar-refractivity contribution in [1.82, 2.24) is 0 Å². The zero-order valence-corrected chi connectivity index (χ0v) is 24.6. The van der Waals surface area contributed by atoms with Gasteiger partial charge in [-0.05, 0) is 12.8 Å². The molecule has 0 amide bonds. The monoisotopic (exact) mass is 491 g/mol. The molecule has 0 aromatic rings. The normalized spacial score (nSPS) is 11.0. The molecule has 0 aliphatic heterocycles. The van der Waals surface area contributed by atoms with E-state index in [0.717, 1.165) is 13.1 Å². The highest BCUT2D eigenvalue weighted by molar-refractivity contribution is 5.40. The van der Waals surface area contributed by atoms with E-state index in [0.29, 0.717) is 0 Å². The zero-order valence-electron chi connectivity index (χ0n) is 24.6. The van der Waals surface area contributed by atoms with Crippen LogP contribution in [-0.4, -0.2) is 19.1 Å². The maximum atomic E-state index is 4.35. The molecule has 0 fully saturated rings.